The van der Waals surface area contributed by atoms with Crippen molar-refractivity contribution in [2.45, 2.75) is 13.0 Å². The van der Waals surface area contributed by atoms with Crippen molar-refractivity contribution in [1.82, 2.24) is 20.6 Å². The zero-order valence-corrected chi connectivity index (χ0v) is 12.7. The Morgan fingerprint density at radius 1 is 1.00 bits per heavy atom. The smallest absolute Gasteiger partial charge is 0.315 e. The van der Waals surface area contributed by atoms with Crippen molar-refractivity contribution in [3.05, 3.63) is 72.2 Å². The maximum Gasteiger partial charge on any atom is 0.315 e. The molecule has 23 heavy (non-hydrogen) atoms. The minimum absolute atomic E-state index is 0.167. The van der Waals surface area contributed by atoms with Crippen molar-refractivity contribution in [3.63, 3.8) is 0 Å². The van der Waals surface area contributed by atoms with Crippen LogP contribution < -0.4 is 10.6 Å². The predicted octanol–water partition coefficient (Wildman–Crippen LogP) is 2.67. The van der Waals surface area contributed by atoms with E-state index in [0.29, 0.717) is 13.1 Å². The van der Waals surface area contributed by atoms with Gasteiger partial charge >= 0.3 is 6.03 Å². The van der Waals surface area contributed by atoms with Crippen LogP contribution in [0.3, 0.4) is 0 Å². The molecule has 2 N–H and O–H groups in total. The molecule has 5 heteroatoms. The molecule has 3 rings (SSSR count). The molecule has 2 amide bonds. The average Bonchev–Trinajstić information content (AvgIpc) is 2.61. The Labute approximate surface area is 134 Å². The Balaban J connectivity index is 1.46. The van der Waals surface area contributed by atoms with Crippen LogP contribution in [0.5, 0.6) is 0 Å². The number of nitrogens with zero attached hydrogens (tertiary/aromatic N) is 2. The molecule has 0 bridgehead atoms. The minimum Gasteiger partial charge on any atom is -0.338 e. The first-order chi connectivity index (χ1) is 11.3. The predicted molar refractivity (Wildman–Crippen MR) is 89.9 cm³/mol. The monoisotopic (exact) mass is 306 g/mol. The third-order valence-corrected chi connectivity index (χ3v) is 3.54. The number of urea groups is 1. The van der Waals surface area contributed by atoms with Crippen LogP contribution in [0, 0.1) is 0 Å². The molecule has 116 valence electrons. The van der Waals surface area contributed by atoms with Gasteiger partial charge in [-0.05, 0) is 41.8 Å². The van der Waals surface area contributed by atoms with E-state index in [9.17, 15) is 4.79 Å². The number of amides is 2. The third-order valence-electron chi connectivity index (χ3n) is 3.54. The number of fused-ring (bicyclic) bond motifs is 1. The fourth-order valence-corrected chi connectivity index (χ4v) is 2.35. The van der Waals surface area contributed by atoms with E-state index in [4.69, 9.17) is 0 Å². The first-order valence-corrected chi connectivity index (χ1v) is 7.55. The molecule has 0 radical (unpaired) electrons. The number of carbonyl (C=O) groups excluding carboxylic acids is 1. The summed E-state index contributed by atoms with van der Waals surface area (Å²) >= 11 is 0. The number of aromatic nitrogens is 2. The van der Waals surface area contributed by atoms with Crippen LogP contribution in [0.2, 0.25) is 0 Å². The van der Waals surface area contributed by atoms with Crippen molar-refractivity contribution in [2.24, 2.45) is 0 Å². The van der Waals surface area contributed by atoms with Gasteiger partial charge in [-0.1, -0.05) is 18.2 Å². The van der Waals surface area contributed by atoms with E-state index in [0.717, 1.165) is 28.5 Å². The fourth-order valence-electron chi connectivity index (χ4n) is 2.35. The Bertz CT molecular complexity index is 789. The highest BCUT2D eigenvalue weighted by atomic mass is 16.2. The minimum atomic E-state index is -0.167. The van der Waals surface area contributed by atoms with Gasteiger partial charge in [0.05, 0.1) is 5.52 Å². The first kappa shape index (κ1) is 15.0. The lowest BCUT2D eigenvalue weighted by molar-refractivity contribution is 0.240. The second-order valence-electron chi connectivity index (χ2n) is 5.25. The van der Waals surface area contributed by atoms with Gasteiger partial charge in [-0.3, -0.25) is 9.97 Å². The van der Waals surface area contributed by atoms with Gasteiger partial charge in [0, 0.05) is 37.1 Å². The SMILES string of the molecule is O=C(NCCc1cccnc1)NCc1ccc2ncccc2c1. The van der Waals surface area contributed by atoms with Gasteiger partial charge in [0.1, 0.15) is 0 Å². The molecule has 2 aromatic heterocycles. The molecule has 0 fully saturated rings. The van der Waals surface area contributed by atoms with Crippen LogP contribution in [0.25, 0.3) is 10.9 Å². The summed E-state index contributed by atoms with van der Waals surface area (Å²) in [6.45, 7) is 1.07. The van der Waals surface area contributed by atoms with Crippen LogP contribution in [0.4, 0.5) is 4.79 Å². The summed E-state index contributed by atoms with van der Waals surface area (Å²) in [4.78, 5) is 20.2. The molecule has 0 saturated carbocycles. The number of benzene rings is 1. The standard InChI is InChI=1S/C18H18N4O/c23-18(21-10-7-14-3-1-8-19-12-14)22-13-15-5-6-17-16(11-15)4-2-9-20-17/h1-6,8-9,11-12H,7,10,13H2,(H2,21,22,23). The van der Waals surface area contributed by atoms with Crippen molar-refractivity contribution in [1.29, 1.82) is 0 Å². The molecule has 2 heterocycles. The lowest BCUT2D eigenvalue weighted by Crippen LogP contribution is -2.36. The van der Waals surface area contributed by atoms with Gasteiger partial charge in [0.2, 0.25) is 0 Å². The van der Waals surface area contributed by atoms with Crippen LogP contribution in [0.1, 0.15) is 11.1 Å². The normalized spacial score (nSPS) is 10.4. The van der Waals surface area contributed by atoms with Gasteiger partial charge in [-0.25, -0.2) is 4.79 Å². The van der Waals surface area contributed by atoms with Crippen LogP contribution >= 0.6 is 0 Å². The summed E-state index contributed by atoms with van der Waals surface area (Å²) in [6.07, 6.45) is 6.09. The number of rotatable bonds is 5. The summed E-state index contributed by atoms with van der Waals surface area (Å²) < 4.78 is 0. The molecule has 0 unspecified atom stereocenters. The maximum absolute atomic E-state index is 11.8. The molecular weight excluding hydrogens is 288 g/mol. The first-order valence-electron chi connectivity index (χ1n) is 7.55. The average molecular weight is 306 g/mol. The van der Waals surface area contributed by atoms with E-state index in [-0.39, 0.29) is 6.03 Å². The van der Waals surface area contributed by atoms with E-state index in [1.54, 1.807) is 12.4 Å². The van der Waals surface area contributed by atoms with Gasteiger partial charge in [-0.2, -0.15) is 0 Å². The number of hydrogen-bond acceptors (Lipinski definition) is 3. The second-order valence-corrected chi connectivity index (χ2v) is 5.25. The van der Waals surface area contributed by atoms with Crippen molar-refractivity contribution >= 4 is 16.9 Å². The lowest BCUT2D eigenvalue weighted by atomic mass is 10.1. The Kier molecular flexibility index (Phi) is 4.79. The second kappa shape index (κ2) is 7.35. The Hall–Kier alpha value is -2.95. The maximum atomic E-state index is 11.8. The molecule has 0 aliphatic heterocycles. The molecule has 0 saturated heterocycles. The fraction of sp³-hybridized carbons (Fsp3) is 0.167. The summed E-state index contributed by atoms with van der Waals surface area (Å²) in [5.41, 5.74) is 3.11. The van der Waals surface area contributed by atoms with Gasteiger partial charge in [0.25, 0.3) is 0 Å². The highest BCUT2D eigenvalue weighted by Gasteiger charge is 2.02. The quantitative estimate of drug-likeness (QED) is 0.761. The molecule has 0 atom stereocenters. The van der Waals surface area contributed by atoms with E-state index in [1.807, 2.05) is 48.7 Å². The summed E-state index contributed by atoms with van der Waals surface area (Å²) in [5.74, 6) is 0. The number of pyridine rings is 2. The number of carbonyl (C=O) groups is 1. The molecule has 0 aliphatic carbocycles. The molecule has 0 aliphatic rings. The van der Waals surface area contributed by atoms with Crippen LogP contribution in [0.15, 0.2) is 61.1 Å². The molecule has 1 aromatic carbocycles. The third kappa shape index (κ3) is 4.26. The highest BCUT2D eigenvalue weighted by Crippen LogP contribution is 2.12. The number of hydrogen-bond donors (Lipinski definition) is 2. The van der Waals surface area contributed by atoms with Gasteiger partial charge in [0.15, 0.2) is 0 Å². The molecule has 5 nitrogen and oxygen atoms in total. The Morgan fingerprint density at radius 3 is 2.78 bits per heavy atom. The summed E-state index contributed by atoms with van der Waals surface area (Å²) in [5, 5.41) is 6.79. The van der Waals surface area contributed by atoms with E-state index >= 15 is 0 Å². The topological polar surface area (TPSA) is 66.9 Å². The van der Waals surface area contributed by atoms with Gasteiger partial charge < -0.3 is 10.6 Å². The Morgan fingerprint density at radius 2 is 1.91 bits per heavy atom. The van der Waals surface area contributed by atoms with Crippen molar-refractivity contribution < 1.29 is 4.79 Å². The summed E-state index contributed by atoms with van der Waals surface area (Å²) in [6, 6.07) is 13.6. The van der Waals surface area contributed by atoms with E-state index in [2.05, 4.69) is 20.6 Å². The van der Waals surface area contributed by atoms with Gasteiger partial charge in [-0.15, -0.1) is 0 Å². The lowest BCUT2D eigenvalue weighted by Gasteiger charge is -2.08. The highest BCUT2D eigenvalue weighted by molar-refractivity contribution is 5.79. The molecular formula is C18H18N4O. The largest absolute Gasteiger partial charge is 0.338 e. The van der Waals surface area contributed by atoms with Crippen molar-refractivity contribution in [3.8, 4) is 0 Å². The zero-order valence-electron chi connectivity index (χ0n) is 12.7. The molecule has 3 aromatic rings. The van der Waals surface area contributed by atoms with Crippen LogP contribution in [-0.4, -0.2) is 22.5 Å². The van der Waals surface area contributed by atoms with E-state index in [1.165, 1.54) is 0 Å². The zero-order chi connectivity index (χ0) is 15.9. The van der Waals surface area contributed by atoms with Crippen LogP contribution in [-0.2, 0) is 13.0 Å². The number of nitrogens with one attached hydrogen (secondary N) is 2. The van der Waals surface area contributed by atoms with E-state index < -0.39 is 0 Å². The molecule has 0 spiro atoms. The van der Waals surface area contributed by atoms with Crippen molar-refractivity contribution in [2.75, 3.05) is 6.54 Å². The summed E-state index contributed by atoms with van der Waals surface area (Å²) in [7, 11) is 0.